The first kappa shape index (κ1) is 21.8. The van der Waals surface area contributed by atoms with Crippen molar-refractivity contribution in [2.75, 3.05) is 18.0 Å². The number of halogens is 2. The minimum Gasteiger partial charge on any atom is -0.393 e. The molecule has 1 saturated heterocycles. The predicted molar refractivity (Wildman–Crippen MR) is 109 cm³/mol. The first-order valence-corrected chi connectivity index (χ1v) is 10.8. The van der Waals surface area contributed by atoms with Gasteiger partial charge in [-0.25, -0.2) is 18.0 Å². The van der Waals surface area contributed by atoms with Crippen LogP contribution in [0.5, 0.6) is 0 Å². The molecular weight excluding hydrogens is 424 g/mol. The smallest absolute Gasteiger partial charge is 0.285 e. The van der Waals surface area contributed by atoms with Crippen molar-refractivity contribution < 1.29 is 22.6 Å². The van der Waals surface area contributed by atoms with Gasteiger partial charge in [0.15, 0.2) is 16.9 Å². The Bertz CT molecular complexity index is 958. The average molecular weight is 446 g/mol. The molecule has 2 unspecified atom stereocenters. The number of piperidine rings is 1. The summed E-state index contributed by atoms with van der Waals surface area (Å²) in [5.41, 5.74) is 1.22. The van der Waals surface area contributed by atoms with E-state index >= 15 is 0 Å². The number of alkyl halides is 2. The number of anilines is 1. The van der Waals surface area contributed by atoms with E-state index in [1.807, 2.05) is 4.90 Å². The summed E-state index contributed by atoms with van der Waals surface area (Å²) in [4.78, 5) is 6.25. The third kappa shape index (κ3) is 4.65. The third-order valence-electron chi connectivity index (χ3n) is 4.97. The molecule has 158 valence electrons. The fraction of sp³-hybridized carbons (Fsp3) is 0.471. The number of aliphatic hydroxyl groups is 1. The Labute approximate surface area is 172 Å². The Morgan fingerprint density at radius 1 is 1.38 bits per heavy atom. The number of nitrogens with zero attached hydrogens (tertiary/aromatic N) is 3. The lowest BCUT2D eigenvalue weighted by molar-refractivity contribution is 0.110. The first-order chi connectivity index (χ1) is 13.7. The number of nitrogens with one attached hydrogen (secondary N) is 2. The first-order valence-electron chi connectivity index (χ1n) is 8.87. The Morgan fingerprint density at radius 3 is 2.59 bits per heavy atom. The Balaban J connectivity index is 1.99. The standard InChI is InChI=1S/C17H21F2N5O3S2/c1-9(25)10-2-4-23(5-3-10)12-6-11(29(26)27)8-24-13(12)7-22-17(24)16(21)28-15(20)14(18)19/h6-10,14,20-21,25H,2-5H2,1H3,(H,26,27). The molecular formula is C17H21F2N5O3S2. The molecule has 8 nitrogen and oxygen atoms in total. The van der Waals surface area contributed by atoms with Crippen molar-refractivity contribution in [2.24, 2.45) is 5.92 Å². The van der Waals surface area contributed by atoms with E-state index in [9.17, 15) is 22.6 Å². The number of imidazole rings is 1. The lowest BCUT2D eigenvalue weighted by Gasteiger charge is -2.35. The number of fused-ring (bicyclic) bond motifs is 1. The maximum atomic E-state index is 12.6. The van der Waals surface area contributed by atoms with E-state index < -0.39 is 28.7 Å². The fourth-order valence-corrected chi connectivity index (χ4v) is 4.35. The molecule has 0 amide bonds. The molecule has 12 heteroatoms. The van der Waals surface area contributed by atoms with Crippen molar-refractivity contribution >= 4 is 44.1 Å². The number of pyridine rings is 1. The van der Waals surface area contributed by atoms with Gasteiger partial charge in [0.25, 0.3) is 6.43 Å². The molecule has 2 aromatic rings. The van der Waals surface area contributed by atoms with Crippen LogP contribution < -0.4 is 4.90 Å². The highest BCUT2D eigenvalue weighted by atomic mass is 32.2. The molecule has 1 fully saturated rings. The van der Waals surface area contributed by atoms with E-state index in [0.29, 0.717) is 36.1 Å². The molecule has 0 saturated carbocycles. The van der Waals surface area contributed by atoms with Gasteiger partial charge in [0, 0.05) is 19.3 Å². The summed E-state index contributed by atoms with van der Waals surface area (Å²) in [6.45, 7) is 3.03. The number of thioether (sulfide) groups is 1. The largest absolute Gasteiger partial charge is 0.393 e. The molecule has 29 heavy (non-hydrogen) atoms. The van der Waals surface area contributed by atoms with Crippen LogP contribution >= 0.6 is 11.8 Å². The zero-order valence-electron chi connectivity index (χ0n) is 15.5. The molecule has 0 aromatic carbocycles. The van der Waals surface area contributed by atoms with Crippen molar-refractivity contribution in [1.82, 2.24) is 9.38 Å². The zero-order valence-corrected chi connectivity index (χ0v) is 17.1. The van der Waals surface area contributed by atoms with Gasteiger partial charge in [-0.05, 0) is 43.5 Å². The molecule has 2 aromatic heterocycles. The molecule has 0 bridgehead atoms. The van der Waals surface area contributed by atoms with E-state index in [1.165, 1.54) is 16.8 Å². The summed E-state index contributed by atoms with van der Waals surface area (Å²) in [6.07, 6.45) is 0.955. The normalized spacial score (nSPS) is 17.7. The van der Waals surface area contributed by atoms with Crippen LogP contribution in [0, 0.1) is 16.7 Å². The van der Waals surface area contributed by atoms with Crippen molar-refractivity contribution in [1.29, 1.82) is 10.8 Å². The van der Waals surface area contributed by atoms with Gasteiger partial charge < -0.3 is 14.6 Å². The predicted octanol–water partition coefficient (Wildman–Crippen LogP) is 2.81. The topological polar surface area (TPSA) is 126 Å². The number of rotatable bonds is 5. The van der Waals surface area contributed by atoms with Crippen molar-refractivity contribution in [3.63, 3.8) is 0 Å². The van der Waals surface area contributed by atoms with Gasteiger partial charge in [0.1, 0.15) is 10.1 Å². The number of aliphatic hydroxyl groups excluding tert-OH is 1. The molecule has 0 spiro atoms. The summed E-state index contributed by atoms with van der Waals surface area (Å²) in [7, 11) is 0. The third-order valence-corrected chi connectivity index (χ3v) is 6.38. The molecule has 4 N–H and O–H groups in total. The summed E-state index contributed by atoms with van der Waals surface area (Å²) in [5, 5.41) is 23.8. The second kappa shape index (κ2) is 8.86. The Hall–Kier alpha value is -1.89. The van der Waals surface area contributed by atoms with Crippen molar-refractivity contribution in [2.45, 2.75) is 37.2 Å². The maximum absolute atomic E-state index is 12.6. The van der Waals surface area contributed by atoms with Crippen LogP contribution in [0.25, 0.3) is 5.52 Å². The number of aromatic nitrogens is 2. The van der Waals surface area contributed by atoms with Crippen molar-refractivity contribution in [3.05, 3.63) is 24.3 Å². The summed E-state index contributed by atoms with van der Waals surface area (Å²) in [5.74, 6) is 0.200. The molecule has 0 radical (unpaired) electrons. The van der Waals surface area contributed by atoms with E-state index in [2.05, 4.69) is 4.98 Å². The van der Waals surface area contributed by atoms with E-state index in [0.717, 1.165) is 12.8 Å². The highest BCUT2D eigenvalue weighted by molar-refractivity contribution is 8.26. The summed E-state index contributed by atoms with van der Waals surface area (Å²) in [6, 6.07) is 1.58. The van der Waals surface area contributed by atoms with Gasteiger partial charge >= 0.3 is 0 Å². The summed E-state index contributed by atoms with van der Waals surface area (Å²) >= 11 is -2.00. The fourth-order valence-electron chi connectivity index (χ4n) is 3.39. The Kier molecular flexibility index (Phi) is 6.66. The van der Waals surface area contributed by atoms with Gasteiger partial charge in [-0.3, -0.25) is 15.2 Å². The van der Waals surface area contributed by atoms with E-state index in [4.69, 9.17) is 10.8 Å². The van der Waals surface area contributed by atoms with Gasteiger partial charge in [-0.2, -0.15) is 0 Å². The number of hydrogen-bond donors (Lipinski definition) is 4. The average Bonchev–Trinajstić information content (AvgIpc) is 3.11. The monoisotopic (exact) mass is 445 g/mol. The highest BCUT2D eigenvalue weighted by Crippen LogP contribution is 2.31. The summed E-state index contributed by atoms with van der Waals surface area (Å²) < 4.78 is 48.0. The van der Waals surface area contributed by atoms with Crippen LogP contribution in [-0.2, 0) is 11.1 Å². The Morgan fingerprint density at radius 2 is 2.03 bits per heavy atom. The zero-order chi connectivity index (χ0) is 21.3. The quantitative estimate of drug-likeness (QED) is 0.319. The van der Waals surface area contributed by atoms with Crippen LogP contribution in [0.2, 0.25) is 0 Å². The molecule has 3 heterocycles. The van der Waals surface area contributed by atoms with Gasteiger partial charge in [-0.1, -0.05) is 0 Å². The molecule has 3 rings (SSSR count). The van der Waals surface area contributed by atoms with Crippen LogP contribution in [0.1, 0.15) is 25.6 Å². The minimum atomic E-state index is -2.99. The molecule has 1 aliphatic rings. The molecule has 2 atom stereocenters. The van der Waals surface area contributed by atoms with Crippen LogP contribution in [0.4, 0.5) is 14.5 Å². The lowest BCUT2D eigenvalue weighted by Crippen LogP contribution is -2.37. The van der Waals surface area contributed by atoms with Crippen LogP contribution in [0.15, 0.2) is 23.4 Å². The minimum absolute atomic E-state index is 0.0165. The SMILES string of the molecule is CC(O)C1CCN(c2cc(S(=O)O)cn3c(C(=N)SC(=N)C(F)F)ncc23)CC1. The number of hydrogen-bond acceptors (Lipinski definition) is 7. The van der Waals surface area contributed by atoms with Gasteiger partial charge in [0.05, 0.1) is 28.4 Å². The van der Waals surface area contributed by atoms with Crippen molar-refractivity contribution in [3.8, 4) is 0 Å². The van der Waals surface area contributed by atoms with Gasteiger partial charge in [-0.15, -0.1) is 0 Å². The highest BCUT2D eigenvalue weighted by Gasteiger charge is 2.26. The van der Waals surface area contributed by atoms with Gasteiger partial charge in [0.2, 0.25) is 0 Å². The lowest BCUT2D eigenvalue weighted by atomic mass is 9.92. The maximum Gasteiger partial charge on any atom is 0.285 e. The van der Waals surface area contributed by atoms with E-state index in [-0.39, 0.29) is 21.7 Å². The second-order valence-electron chi connectivity index (χ2n) is 6.81. The van der Waals surface area contributed by atoms with E-state index in [1.54, 1.807) is 13.0 Å². The molecule has 1 aliphatic heterocycles. The van der Waals surface area contributed by atoms with Crippen LogP contribution in [0.3, 0.4) is 0 Å². The molecule has 0 aliphatic carbocycles. The van der Waals surface area contributed by atoms with Crippen LogP contribution in [-0.4, -0.2) is 59.0 Å². The second-order valence-corrected chi connectivity index (χ2v) is 8.83.